The summed E-state index contributed by atoms with van der Waals surface area (Å²) in [7, 11) is 0. The van der Waals surface area contributed by atoms with E-state index in [2.05, 4.69) is 17.9 Å². The molecule has 5 heteroatoms. The van der Waals surface area contributed by atoms with E-state index in [9.17, 15) is 14.7 Å². The molecule has 0 saturated carbocycles. The van der Waals surface area contributed by atoms with Crippen molar-refractivity contribution < 1.29 is 24.2 Å². The van der Waals surface area contributed by atoms with Gasteiger partial charge in [-0.25, -0.2) is 4.79 Å². The molecule has 0 fully saturated rings. The highest BCUT2D eigenvalue weighted by Gasteiger charge is 2.21. The summed E-state index contributed by atoms with van der Waals surface area (Å²) in [5, 5.41) is 9.34. The fourth-order valence-electron chi connectivity index (χ4n) is 0.794. The number of ether oxygens (including phenoxy) is 2. The van der Waals surface area contributed by atoms with Gasteiger partial charge in [-0.15, -0.1) is 0 Å². The van der Waals surface area contributed by atoms with Crippen molar-refractivity contribution >= 4 is 11.9 Å². The van der Waals surface area contributed by atoms with Gasteiger partial charge in [-0.05, 0) is 25.0 Å². The Balaban J connectivity index is 3.94. The number of hydrogen-bond donors (Lipinski definition) is 1. The molecular formula is C12H18O5. The predicted octanol–water partition coefficient (Wildman–Crippen LogP) is 0.976. The quantitative estimate of drug-likeness (QED) is 0.532. The molecule has 1 unspecified atom stereocenters. The first-order valence-corrected chi connectivity index (χ1v) is 5.12. The molecule has 0 aromatic rings. The molecule has 0 radical (unpaired) electrons. The summed E-state index contributed by atoms with van der Waals surface area (Å²) in [6.07, 6.45) is -1.94. The van der Waals surface area contributed by atoms with E-state index in [-0.39, 0.29) is 13.2 Å². The molecule has 5 nitrogen and oxygen atoms in total. The van der Waals surface area contributed by atoms with Crippen molar-refractivity contribution in [1.29, 1.82) is 0 Å². The molecule has 0 rings (SSSR count). The van der Waals surface area contributed by atoms with Gasteiger partial charge in [0.25, 0.3) is 0 Å². The highest BCUT2D eigenvalue weighted by molar-refractivity contribution is 5.81. The summed E-state index contributed by atoms with van der Waals surface area (Å²) in [5.74, 6) is -1.53. The molecule has 17 heavy (non-hydrogen) atoms. The Labute approximate surface area is 101 Å². The van der Waals surface area contributed by atoms with Crippen LogP contribution >= 0.6 is 0 Å². The Morgan fingerprint density at radius 3 is 2.06 bits per heavy atom. The topological polar surface area (TPSA) is 72.8 Å². The van der Waals surface area contributed by atoms with Crippen LogP contribution in [-0.4, -0.2) is 36.4 Å². The van der Waals surface area contributed by atoms with Crippen LogP contribution in [0.5, 0.6) is 0 Å². The summed E-state index contributed by atoms with van der Waals surface area (Å²) in [6.45, 7) is 10.6. The van der Waals surface area contributed by atoms with Gasteiger partial charge in [0.2, 0.25) is 0 Å². The summed E-state index contributed by atoms with van der Waals surface area (Å²) < 4.78 is 9.40. The van der Waals surface area contributed by atoms with Crippen molar-refractivity contribution in [1.82, 2.24) is 0 Å². The van der Waals surface area contributed by atoms with E-state index in [0.717, 1.165) is 0 Å². The third-order valence-corrected chi connectivity index (χ3v) is 1.57. The number of aliphatic hydroxyl groups is 1. The smallest absolute Gasteiger partial charge is 0.335 e. The van der Waals surface area contributed by atoms with Gasteiger partial charge >= 0.3 is 11.9 Å². The lowest BCUT2D eigenvalue weighted by atomic mass is 10.2. The van der Waals surface area contributed by atoms with Gasteiger partial charge in [0, 0.05) is 0 Å². The molecule has 0 aliphatic carbocycles. The number of carbonyl (C=O) groups is 2. The monoisotopic (exact) mass is 242 g/mol. The SMILES string of the molecule is C=C(C)COC(=O)CC(O)C(=O)OCC(=C)C. The van der Waals surface area contributed by atoms with Crippen LogP contribution in [0.4, 0.5) is 0 Å². The molecule has 0 aromatic carbocycles. The van der Waals surface area contributed by atoms with E-state index in [1.165, 1.54) is 0 Å². The first-order valence-electron chi connectivity index (χ1n) is 5.12. The highest BCUT2D eigenvalue weighted by Crippen LogP contribution is 2.01. The van der Waals surface area contributed by atoms with Crippen molar-refractivity contribution in [2.75, 3.05) is 13.2 Å². The molecule has 0 spiro atoms. The molecular weight excluding hydrogens is 224 g/mol. The van der Waals surface area contributed by atoms with E-state index in [4.69, 9.17) is 4.74 Å². The van der Waals surface area contributed by atoms with Gasteiger partial charge in [0.1, 0.15) is 13.2 Å². The minimum absolute atomic E-state index is 0.0245. The molecule has 0 aliphatic rings. The van der Waals surface area contributed by atoms with Crippen LogP contribution < -0.4 is 0 Å². The van der Waals surface area contributed by atoms with Gasteiger partial charge in [0.05, 0.1) is 6.42 Å². The molecule has 1 N–H and O–H groups in total. The summed E-state index contributed by atoms with van der Waals surface area (Å²) in [6, 6.07) is 0. The van der Waals surface area contributed by atoms with Crippen LogP contribution in [0.15, 0.2) is 24.3 Å². The fourth-order valence-corrected chi connectivity index (χ4v) is 0.794. The molecule has 1 atom stereocenters. The lowest BCUT2D eigenvalue weighted by Crippen LogP contribution is -2.27. The Kier molecular flexibility index (Phi) is 6.89. The maximum atomic E-state index is 11.2. The molecule has 96 valence electrons. The molecule has 0 heterocycles. The van der Waals surface area contributed by atoms with E-state index < -0.39 is 24.5 Å². The average molecular weight is 242 g/mol. The van der Waals surface area contributed by atoms with E-state index >= 15 is 0 Å². The summed E-state index contributed by atoms with van der Waals surface area (Å²) >= 11 is 0. The molecule has 0 aromatic heterocycles. The van der Waals surface area contributed by atoms with Crippen LogP contribution in [0.3, 0.4) is 0 Å². The zero-order chi connectivity index (χ0) is 13.4. The lowest BCUT2D eigenvalue weighted by molar-refractivity contribution is -0.159. The van der Waals surface area contributed by atoms with Crippen molar-refractivity contribution in [2.45, 2.75) is 26.4 Å². The molecule has 0 amide bonds. The normalized spacial score (nSPS) is 11.5. The Morgan fingerprint density at radius 1 is 1.12 bits per heavy atom. The fraction of sp³-hybridized carbons (Fsp3) is 0.500. The number of rotatable bonds is 7. The molecule has 0 aliphatic heterocycles. The Morgan fingerprint density at radius 2 is 1.59 bits per heavy atom. The second-order valence-corrected chi connectivity index (χ2v) is 3.90. The van der Waals surface area contributed by atoms with Crippen molar-refractivity contribution in [3.63, 3.8) is 0 Å². The summed E-state index contributed by atoms with van der Waals surface area (Å²) in [4.78, 5) is 22.3. The number of esters is 2. The molecule has 0 bridgehead atoms. The van der Waals surface area contributed by atoms with E-state index in [1.54, 1.807) is 13.8 Å². The van der Waals surface area contributed by atoms with Gasteiger partial charge in [0.15, 0.2) is 6.10 Å². The van der Waals surface area contributed by atoms with E-state index in [1.807, 2.05) is 0 Å². The maximum Gasteiger partial charge on any atom is 0.335 e. The van der Waals surface area contributed by atoms with Gasteiger partial charge in [-0.1, -0.05) is 13.2 Å². The lowest BCUT2D eigenvalue weighted by Gasteiger charge is -2.10. The second kappa shape index (κ2) is 7.62. The van der Waals surface area contributed by atoms with Gasteiger partial charge in [-0.2, -0.15) is 0 Å². The Hall–Kier alpha value is -1.62. The first-order chi connectivity index (χ1) is 7.82. The van der Waals surface area contributed by atoms with Gasteiger partial charge in [-0.3, -0.25) is 4.79 Å². The predicted molar refractivity (Wildman–Crippen MR) is 62.2 cm³/mol. The number of aliphatic hydroxyl groups excluding tert-OH is 1. The van der Waals surface area contributed by atoms with Gasteiger partial charge < -0.3 is 14.6 Å². The van der Waals surface area contributed by atoms with Crippen LogP contribution in [-0.2, 0) is 19.1 Å². The van der Waals surface area contributed by atoms with Crippen molar-refractivity contribution in [3.8, 4) is 0 Å². The van der Waals surface area contributed by atoms with Crippen molar-refractivity contribution in [3.05, 3.63) is 24.3 Å². The standard InChI is InChI=1S/C12H18O5/c1-8(2)6-16-11(14)5-10(13)12(15)17-7-9(3)4/h10,13H,1,3,5-7H2,2,4H3. The highest BCUT2D eigenvalue weighted by atomic mass is 16.6. The number of carbonyl (C=O) groups excluding carboxylic acids is 2. The minimum atomic E-state index is -1.51. The van der Waals surface area contributed by atoms with Crippen LogP contribution in [0.25, 0.3) is 0 Å². The van der Waals surface area contributed by atoms with Crippen LogP contribution in [0, 0.1) is 0 Å². The largest absolute Gasteiger partial charge is 0.461 e. The van der Waals surface area contributed by atoms with Crippen molar-refractivity contribution in [2.24, 2.45) is 0 Å². The first kappa shape index (κ1) is 15.4. The zero-order valence-electron chi connectivity index (χ0n) is 10.2. The average Bonchev–Trinajstić information content (AvgIpc) is 2.22. The Bertz CT molecular complexity index is 319. The molecule has 0 saturated heterocycles. The van der Waals surface area contributed by atoms with E-state index in [0.29, 0.717) is 11.1 Å². The third kappa shape index (κ3) is 8.21. The van der Waals surface area contributed by atoms with Crippen LogP contribution in [0.2, 0.25) is 0 Å². The number of hydrogen-bond acceptors (Lipinski definition) is 5. The maximum absolute atomic E-state index is 11.2. The van der Waals surface area contributed by atoms with Crippen LogP contribution in [0.1, 0.15) is 20.3 Å². The zero-order valence-corrected chi connectivity index (χ0v) is 10.2. The minimum Gasteiger partial charge on any atom is -0.461 e. The third-order valence-electron chi connectivity index (χ3n) is 1.57. The second-order valence-electron chi connectivity index (χ2n) is 3.90. The summed E-state index contributed by atoms with van der Waals surface area (Å²) in [5.41, 5.74) is 1.33.